The Balaban J connectivity index is 2.40. The van der Waals surface area contributed by atoms with Crippen molar-refractivity contribution < 1.29 is 23.4 Å². The van der Waals surface area contributed by atoms with E-state index in [9.17, 15) is 13.6 Å². The highest BCUT2D eigenvalue weighted by atomic mass is 19.1. The normalized spacial score (nSPS) is 9.85. The Hall–Kier alpha value is -2.94. The molecule has 20 heavy (non-hydrogen) atoms. The number of ether oxygens (including phenoxy) is 1. The zero-order valence-electron chi connectivity index (χ0n) is 9.93. The lowest BCUT2D eigenvalue weighted by molar-refractivity contribution is 0.0693. The maximum atomic E-state index is 13.6. The van der Waals surface area contributed by atoms with Crippen molar-refractivity contribution >= 4 is 5.97 Å². The van der Waals surface area contributed by atoms with Gasteiger partial charge in [-0.05, 0) is 36.4 Å². The molecule has 2 aromatic carbocycles. The maximum Gasteiger partial charge on any atom is 0.339 e. The largest absolute Gasteiger partial charge is 0.478 e. The van der Waals surface area contributed by atoms with E-state index in [0.29, 0.717) is 0 Å². The van der Waals surface area contributed by atoms with Gasteiger partial charge in [-0.1, -0.05) is 0 Å². The van der Waals surface area contributed by atoms with Gasteiger partial charge in [0.05, 0.1) is 11.6 Å². The van der Waals surface area contributed by atoms with Gasteiger partial charge in [0.2, 0.25) is 0 Å². The highest BCUT2D eigenvalue weighted by molar-refractivity contribution is 5.91. The topological polar surface area (TPSA) is 70.3 Å². The van der Waals surface area contributed by atoms with Gasteiger partial charge in [-0.3, -0.25) is 0 Å². The van der Waals surface area contributed by atoms with Crippen molar-refractivity contribution in [3.63, 3.8) is 0 Å². The first-order valence-electron chi connectivity index (χ1n) is 5.41. The molecule has 0 atom stereocenters. The Morgan fingerprint density at radius 1 is 1.15 bits per heavy atom. The summed E-state index contributed by atoms with van der Waals surface area (Å²) in [7, 11) is 0. The number of nitriles is 1. The van der Waals surface area contributed by atoms with E-state index in [1.54, 1.807) is 6.07 Å². The van der Waals surface area contributed by atoms with Crippen molar-refractivity contribution in [2.45, 2.75) is 0 Å². The monoisotopic (exact) mass is 275 g/mol. The summed E-state index contributed by atoms with van der Waals surface area (Å²) in [4.78, 5) is 11.0. The molecule has 2 aromatic rings. The number of carboxylic acids is 1. The summed E-state index contributed by atoms with van der Waals surface area (Å²) in [6.45, 7) is 0. The van der Waals surface area contributed by atoms with E-state index in [0.717, 1.165) is 24.3 Å². The van der Waals surface area contributed by atoms with Crippen LogP contribution in [0.25, 0.3) is 0 Å². The molecule has 0 radical (unpaired) electrons. The van der Waals surface area contributed by atoms with E-state index in [-0.39, 0.29) is 17.1 Å². The van der Waals surface area contributed by atoms with E-state index < -0.39 is 23.2 Å². The van der Waals surface area contributed by atoms with Gasteiger partial charge < -0.3 is 9.84 Å². The van der Waals surface area contributed by atoms with Crippen LogP contribution in [-0.4, -0.2) is 11.1 Å². The molecule has 0 amide bonds. The number of carbonyl (C=O) groups is 1. The number of nitrogens with zero attached hydrogens (tertiary/aromatic N) is 1. The minimum atomic E-state index is -1.39. The average molecular weight is 275 g/mol. The molecule has 0 aliphatic carbocycles. The number of carboxylic acid groups (broad SMARTS) is 1. The zero-order valence-corrected chi connectivity index (χ0v) is 9.93. The van der Waals surface area contributed by atoms with Crippen molar-refractivity contribution in [3.05, 3.63) is 59.2 Å². The average Bonchev–Trinajstić information content (AvgIpc) is 2.42. The van der Waals surface area contributed by atoms with Gasteiger partial charge in [0.15, 0.2) is 11.6 Å². The molecule has 0 spiro atoms. The summed E-state index contributed by atoms with van der Waals surface area (Å²) < 4.78 is 31.8. The lowest BCUT2D eigenvalue weighted by atomic mass is 10.2. The SMILES string of the molecule is N#Cc1ccc(Oc2ccc(F)cc2C(=O)O)c(F)c1. The summed E-state index contributed by atoms with van der Waals surface area (Å²) in [5, 5.41) is 17.5. The van der Waals surface area contributed by atoms with Crippen molar-refractivity contribution in [2.75, 3.05) is 0 Å². The van der Waals surface area contributed by atoms with Crippen LogP contribution in [0.3, 0.4) is 0 Å². The number of aromatic carboxylic acids is 1. The van der Waals surface area contributed by atoms with Gasteiger partial charge in [-0.2, -0.15) is 5.26 Å². The first-order valence-corrected chi connectivity index (χ1v) is 5.41. The first-order chi connectivity index (χ1) is 9.51. The number of hydrogen-bond donors (Lipinski definition) is 1. The summed E-state index contributed by atoms with van der Waals surface area (Å²) in [6.07, 6.45) is 0. The van der Waals surface area contributed by atoms with E-state index in [2.05, 4.69) is 0 Å². The zero-order chi connectivity index (χ0) is 14.7. The Bertz CT molecular complexity index is 723. The summed E-state index contributed by atoms with van der Waals surface area (Å²) in [5.74, 6) is -3.39. The molecule has 0 bridgehead atoms. The van der Waals surface area contributed by atoms with Crippen molar-refractivity contribution in [1.29, 1.82) is 5.26 Å². The molecule has 0 aliphatic rings. The second-order valence-corrected chi connectivity index (χ2v) is 3.80. The van der Waals surface area contributed by atoms with Crippen LogP contribution >= 0.6 is 0 Å². The highest BCUT2D eigenvalue weighted by Gasteiger charge is 2.15. The molecule has 0 aliphatic heterocycles. The van der Waals surface area contributed by atoms with Crippen LogP contribution < -0.4 is 4.74 Å². The number of halogens is 2. The van der Waals surface area contributed by atoms with E-state index in [4.69, 9.17) is 15.1 Å². The Labute approximate surface area is 112 Å². The summed E-state index contributed by atoms with van der Waals surface area (Å²) in [5.41, 5.74) is -0.318. The molecule has 0 heterocycles. The molecule has 0 saturated heterocycles. The van der Waals surface area contributed by atoms with Crippen LogP contribution in [0.15, 0.2) is 36.4 Å². The van der Waals surface area contributed by atoms with Gasteiger partial charge in [0.25, 0.3) is 0 Å². The third kappa shape index (κ3) is 2.72. The predicted octanol–water partition coefficient (Wildman–Crippen LogP) is 3.33. The standard InChI is InChI=1S/C14H7F2NO3/c15-9-2-4-12(10(6-9)14(18)19)20-13-3-1-8(7-17)5-11(13)16/h1-6H,(H,18,19). The van der Waals surface area contributed by atoms with Gasteiger partial charge in [-0.15, -0.1) is 0 Å². The first kappa shape index (κ1) is 13.5. The van der Waals surface area contributed by atoms with Crippen molar-refractivity contribution in [3.8, 4) is 17.6 Å². The fourth-order valence-corrected chi connectivity index (χ4v) is 1.53. The van der Waals surface area contributed by atoms with Crippen molar-refractivity contribution in [1.82, 2.24) is 0 Å². The second kappa shape index (κ2) is 5.36. The molecular weight excluding hydrogens is 268 g/mol. The molecule has 1 N–H and O–H groups in total. The van der Waals surface area contributed by atoms with Gasteiger partial charge in [-0.25, -0.2) is 13.6 Å². The van der Waals surface area contributed by atoms with Gasteiger partial charge >= 0.3 is 5.97 Å². The van der Waals surface area contributed by atoms with Crippen LogP contribution in [0.1, 0.15) is 15.9 Å². The Morgan fingerprint density at radius 3 is 2.45 bits per heavy atom. The van der Waals surface area contributed by atoms with Crippen LogP contribution in [0.2, 0.25) is 0 Å². The van der Waals surface area contributed by atoms with Crippen LogP contribution in [0.4, 0.5) is 8.78 Å². The lowest BCUT2D eigenvalue weighted by Gasteiger charge is -2.09. The van der Waals surface area contributed by atoms with E-state index in [1.165, 1.54) is 12.1 Å². The molecule has 0 unspecified atom stereocenters. The molecule has 0 aromatic heterocycles. The third-order valence-corrected chi connectivity index (χ3v) is 2.45. The fraction of sp³-hybridized carbons (Fsp3) is 0. The Kier molecular flexibility index (Phi) is 3.62. The number of benzene rings is 2. The molecule has 0 saturated carbocycles. The van der Waals surface area contributed by atoms with E-state index >= 15 is 0 Å². The van der Waals surface area contributed by atoms with Gasteiger partial charge in [0.1, 0.15) is 17.1 Å². The number of hydrogen-bond acceptors (Lipinski definition) is 3. The quantitative estimate of drug-likeness (QED) is 0.932. The highest BCUT2D eigenvalue weighted by Crippen LogP contribution is 2.28. The molecule has 6 heteroatoms. The number of rotatable bonds is 3. The minimum absolute atomic E-state index is 0.104. The fourth-order valence-electron chi connectivity index (χ4n) is 1.53. The van der Waals surface area contributed by atoms with Crippen LogP contribution in [0, 0.1) is 23.0 Å². The maximum absolute atomic E-state index is 13.6. The van der Waals surface area contributed by atoms with E-state index in [1.807, 2.05) is 0 Å². The Morgan fingerprint density at radius 2 is 1.85 bits per heavy atom. The minimum Gasteiger partial charge on any atom is -0.478 e. The van der Waals surface area contributed by atoms with Crippen LogP contribution in [0.5, 0.6) is 11.5 Å². The molecule has 2 rings (SSSR count). The molecular formula is C14H7F2NO3. The van der Waals surface area contributed by atoms with Crippen LogP contribution in [-0.2, 0) is 0 Å². The summed E-state index contributed by atoms with van der Waals surface area (Å²) in [6, 6.07) is 8.11. The van der Waals surface area contributed by atoms with Crippen molar-refractivity contribution in [2.24, 2.45) is 0 Å². The molecule has 4 nitrogen and oxygen atoms in total. The lowest BCUT2D eigenvalue weighted by Crippen LogP contribution is -2.01. The predicted molar refractivity (Wildman–Crippen MR) is 64.5 cm³/mol. The summed E-state index contributed by atoms with van der Waals surface area (Å²) >= 11 is 0. The smallest absolute Gasteiger partial charge is 0.339 e. The molecule has 0 fully saturated rings. The van der Waals surface area contributed by atoms with Gasteiger partial charge in [0, 0.05) is 0 Å². The second-order valence-electron chi connectivity index (χ2n) is 3.80. The molecule has 100 valence electrons. The third-order valence-electron chi connectivity index (χ3n) is 2.45.